The van der Waals surface area contributed by atoms with E-state index in [1.165, 1.54) is 6.08 Å². The number of ether oxygens (including phenoxy) is 3. The van der Waals surface area contributed by atoms with Crippen LogP contribution >= 0.6 is 0 Å². The average molecular weight is 398 g/mol. The molecule has 0 aromatic heterocycles. The molecule has 0 spiro atoms. The van der Waals surface area contributed by atoms with Crippen molar-refractivity contribution in [1.29, 1.82) is 0 Å². The number of imide groups is 1. The zero-order valence-corrected chi connectivity index (χ0v) is 17.0. The Morgan fingerprint density at radius 2 is 1.68 bits per heavy atom. The lowest BCUT2D eigenvalue weighted by molar-refractivity contribution is -0.156. The molecule has 0 fully saturated rings. The Balaban J connectivity index is 1.96. The molecule has 0 aliphatic carbocycles. The van der Waals surface area contributed by atoms with Gasteiger partial charge in [-0.05, 0) is 27.7 Å². The third kappa shape index (κ3) is 9.61. The molecule has 1 aliphatic heterocycles. The summed E-state index contributed by atoms with van der Waals surface area (Å²) in [6.45, 7) is 8.61. The number of carbonyl (C=O) groups is 4. The standard InChI is InChI=1S/C19H30N2O7/c1-14-13-16(23)21(18(14)25)8-5-15(22)20-7-10-27-12-11-26-9-6-17(24)28-19(2,3)4/h13H,5-12H2,1-4H3,(H,20,22). The van der Waals surface area contributed by atoms with Gasteiger partial charge < -0.3 is 19.5 Å². The molecule has 0 saturated carbocycles. The monoisotopic (exact) mass is 398 g/mol. The van der Waals surface area contributed by atoms with Gasteiger partial charge in [-0.2, -0.15) is 0 Å². The maximum absolute atomic E-state index is 11.7. The van der Waals surface area contributed by atoms with Gasteiger partial charge in [-0.1, -0.05) is 0 Å². The lowest BCUT2D eigenvalue weighted by Gasteiger charge is -2.19. The van der Waals surface area contributed by atoms with Gasteiger partial charge in [0.1, 0.15) is 5.60 Å². The Labute approximate surface area is 165 Å². The van der Waals surface area contributed by atoms with Crippen molar-refractivity contribution in [2.45, 2.75) is 46.1 Å². The maximum Gasteiger partial charge on any atom is 0.308 e. The first-order valence-electron chi connectivity index (χ1n) is 9.28. The van der Waals surface area contributed by atoms with Gasteiger partial charge in [0.05, 0.1) is 32.8 Å². The molecule has 0 aromatic carbocycles. The van der Waals surface area contributed by atoms with Crippen LogP contribution in [0.4, 0.5) is 0 Å². The first-order chi connectivity index (χ1) is 13.1. The topological polar surface area (TPSA) is 111 Å². The molecule has 0 saturated heterocycles. The van der Waals surface area contributed by atoms with Crippen molar-refractivity contribution in [3.05, 3.63) is 11.6 Å². The van der Waals surface area contributed by atoms with Crippen LogP contribution in [0.5, 0.6) is 0 Å². The third-order valence-corrected chi connectivity index (χ3v) is 3.56. The van der Waals surface area contributed by atoms with Crippen LogP contribution in [0, 0.1) is 0 Å². The van der Waals surface area contributed by atoms with Gasteiger partial charge in [0.15, 0.2) is 0 Å². The normalized spacial score (nSPS) is 14.3. The van der Waals surface area contributed by atoms with Gasteiger partial charge in [-0.25, -0.2) is 0 Å². The smallest absolute Gasteiger partial charge is 0.308 e. The van der Waals surface area contributed by atoms with E-state index in [-0.39, 0.29) is 49.7 Å². The second-order valence-electron chi connectivity index (χ2n) is 7.28. The molecule has 1 N–H and O–H groups in total. The Kier molecular flexibility index (Phi) is 9.81. The minimum atomic E-state index is -0.500. The highest BCUT2D eigenvalue weighted by molar-refractivity contribution is 6.15. The molecule has 9 heteroatoms. The van der Waals surface area contributed by atoms with Crippen molar-refractivity contribution in [3.63, 3.8) is 0 Å². The minimum absolute atomic E-state index is 0.0480. The largest absolute Gasteiger partial charge is 0.460 e. The van der Waals surface area contributed by atoms with E-state index in [2.05, 4.69) is 5.32 Å². The van der Waals surface area contributed by atoms with Crippen molar-refractivity contribution in [1.82, 2.24) is 10.2 Å². The van der Waals surface area contributed by atoms with Crippen molar-refractivity contribution in [2.24, 2.45) is 0 Å². The molecule has 0 atom stereocenters. The highest BCUT2D eigenvalue weighted by Crippen LogP contribution is 2.11. The summed E-state index contributed by atoms with van der Waals surface area (Å²) in [6, 6.07) is 0. The van der Waals surface area contributed by atoms with E-state index in [9.17, 15) is 19.2 Å². The van der Waals surface area contributed by atoms with Gasteiger partial charge in [0.25, 0.3) is 11.8 Å². The second kappa shape index (κ2) is 11.6. The summed E-state index contributed by atoms with van der Waals surface area (Å²) < 4.78 is 15.8. The van der Waals surface area contributed by atoms with Crippen LogP contribution in [0.15, 0.2) is 11.6 Å². The van der Waals surface area contributed by atoms with E-state index < -0.39 is 5.60 Å². The number of hydrogen-bond donors (Lipinski definition) is 1. The summed E-state index contributed by atoms with van der Waals surface area (Å²) in [7, 11) is 0. The summed E-state index contributed by atoms with van der Waals surface area (Å²) in [5.41, 5.74) is -0.118. The molecule has 0 radical (unpaired) electrons. The molecule has 0 aromatic rings. The highest BCUT2D eigenvalue weighted by Gasteiger charge is 2.28. The molecule has 3 amide bonds. The third-order valence-electron chi connectivity index (χ3n) is 3.56. The molecule has 0 bridgehead atoms. The molecule has 1 aliphatic rings. The van der Waals surface area contributed by atoms with Crippen molar-refractivity contribution in [2.75, 3.05) is 39.5 Å². The summed E-state index contributed by atoms with van der Waals surface area (Å²) in [5.74, 6) is -1.31. The van der Waals surface area contributed by atoms with Crippen LogP contribution < -0.4 is 5.32 Å². The summed E-state index contributed by atoms with van der Waals surface area (Å²) >= 11 is 0. The van der Waals surface area contributed by atoms with Crippen LogP contribution in [0.25, 0.3) is 0 Å². The summed E-state index contributed by atoms with van der Waals surface area (Å²) in [6.07, 6.45) is 1.50. The van der Waals surface area contributed by atoms with E-state index in [0.717, 1.165) is 4.90 Å². The van der Waals surface area contributed by atoms with E-state index in [0.29, 0.717) is 31.9 Å². The maximum atomic E-state index is 11.7. The predicted octanol–water partition coefficient (Wildman–Crippen LogP) is 0.573. The second-order valence-corrected chi connectivity index (χ2v) is 7.28. The van der Waals surface area contributed by atoms with Crippen molar-refractivity contribution < 1.29 is 33.4 Å². The minimum Gasteiger partial charge on any atom is -0.460 e. The molecule has 158 valence electrons. The van der Waals surface area contributed by atoms with Crippen LogP contribution in [-0.2, 0) is 33.4 Å². The fraction of sp³-hybridized carbons (Fsp3) is 0.684. The quantitative estimate of drug-likeness (QED) is 0.291. The molecule has 1 rings (SSSR count). The number of hydrogen-bond acceptors (Lipinski definition) is 7. The SMILES string of the molecule is CC1=CC(=O)N(CCC(=O)NCCOCCOCCC(=O)OC(C)(C)C)C1=O. The highest BCUT2D eigenvalue weighted by atomic mass is 16.6. The van der Waals surface area contributed by atoms with E-state index in [4.69, 9.17) is 14.2 Å². The van der Waals surface area contributed by atoms with Gasteiger partial charge in [0, 0.05) is 31.2 Å². The van der Waals surface area contributed by atoms with Crippen LogP contribution in [0.3, 0.4) is 0 Å². The van der Waals surface area contributed by atoms with Crippen molar-refractivity contribution >= 4 is 23.7 Å². The summed E-state index contributed by atoms with van der Waals surface area (Å²) in [5, 5.41) is 2.65. The van der Waals surface area contributed by atoms with Crippen LogP contribution in [0.1, 0.15) is 40.5 Å². The lowest BCUT2D eigenvalue weighted by Crippen LogP contribution is -2.36. The van der Waals surface area contributed by atoms with Gasteiger partial charge >= 0.3 is 5.97 Å². The molecular weight excluding hydrogens is 368 g/mol. The molecule has 28 heavy (non-hydrogen) atoms. The van der Waals surface area contributed by atoms with Crippen molar-refractivity contribution in [3.8, 4) is 0 Å². The Hall–Kier alpha value is -2.26. The number of carbonyl (C=O) groups excluding carboxylic acids is 4. The number of esters is 1. The molecule has 1 heterocycles. The Bertz CT molecular complexity index is 608. The number of nitrogens with zero attached hydrogens (tertiary/aromatic N) is 1. The first kappa shape index (κ1) is 23.8. The fourth-order valence-electron chi connectivity index (χ4n) is 2.28. The zero-order chi connectivity index (χ0) is 21.2. The predicted molar refractivity (Wildman–Crippen MR) is 100 cm³/mol. The zero-order valence-electron chi connectivity index (χ0n) is 17.0. The molecule has 9 nitrogen and oxygen atoms in total. The Morgan fingerprint density at radius 3 is 2.25 bits per heavy atom. The number of rotatable bonds is 12. The van der Waals surface area contributed by atoms with Crippen LogP contribution in [0.2, 0.25) is 0 Å². The fourth-order valence-corrected chi connectivity index (χ4v) is 2.28. The number of nitrogens with one attached hydrogen (secondary N) is 1. The lowest BCUT2D eigenvalue weighted by atomic mass is 10.2. The van der Waals surface area contributed by atoms with E-state index in [1.807, 2.05) is 20.8 Å². The van der Waals surface area contributed by atoms with E-state index in [1.54, 1.807) is 6.92 Å². The first-order valence-corrected chi connectivity index (χ1v) is 9.28. The Morgan fingerprint density at radius 1 is 1.04 bits per heavy atom. The average Bonchev–Trinajstić information content (AvgIpc) is 2.82. The van der Waals surface area contributed by atoms with Gasteiger partial charge in [0.2, 0.25) is 5.91 Å². The molecule has 0 unspecified atom stereocenters. The van der Waals surface area contributed by atoms with Gasteiger partial charge in [-0.15, -0.1) is 0 Å². The van der Waals surface area contributed by atoms with E-state index >= 15 is 0 Å². The van der Waals surface area contributed by atoms with Crippen LogP contribution in [-0.4, -0.2) is 73.7 Å². The summed E-state index contributed by atoms with van der Waals surface area (Å²) in [4.78, 5) is 47.5. The number of amides is 3. The molecular formula is C19H30N2O7. The van der Waals surface area contributed by atoms with Gasteiger partial charge in [-0.3, -0.25) is 24.1 Å².